The number of hydrogen-bond acceptors (Lipinski definition) is 3. The minimum Gasteiger partial charge on any atom is -0.370 e. The molecule has 3 heteroatoms. The van der Waals surface area contributed by atoms with Crippen LogP contribution in [0.1, 0.15) is 84.5 Å². The third-order valence-corrected chi connectivity index (χ3v) is 4.35. The van der Waals surface area contributed by atoms with E-state index in [-0.39, 0.29) is 6.17 Å². The van der Waals surface area contributed by atoms with E-state index in [0.717, 1.165) is 0 Å². The maximum absolute atomic E-state index is 5.95. The predicted molar refractivity (Wildman–Crippen MR) is 97.2 cm³/mol. The van der Waals surface area contributed by atoms with E-state index in [1.54, 1.807) is 0 Å². The number of nitrogens with one attached hydrogen (secondary N) is 1. The number of unbranched alkanes of at least 4 members (excludes halogenated alkanes) is 8. The summed E-state index contributed by atoms with van der Waals surface area (Å²) in [7, 11) is 0. The molecule has 128 valence electrons. The van der Waals surface area contributed by atoms with Crippen molar-refractivity contribution >= 4 is 0 Å². The van der Waals surface area contributed by atoms with Crippen LogP contribution in [0.2, 0.25) is 0 Å². The van der Waals surface area contributed by atoms with E-state index in [1.165, 1.54) is 70.6 Å². The van der Waals surface area contributed by atoms with Crippen LogP contribution < -0.4 is 11.1 Å². The molecule has 1 rings (SSSR count). The maximum Gasteiger partial charge on any atom is 0.0995 e. The van der Waals surface area contributed by atoms with Gasteiger partial charge in [0.15, 0.2) is 0 Å². The molecule has 22 heavy (non-hydrogen) atoms. The molecule has 3 nitrogen and oxygen atoms in total. The fourth-order valence-electron chi connectivity index (χ4n) is 2.96. The Morgan fingerprint density at radius 1 is 1.05 bits per heavy atom. The van der Waals surface area contributed by atoms with Gasteiger partial charge >= 0.3 is 0 Å². The molecule has 1 heterocycles. The Morgan fingerprint density at radius 3 is 2.32 bits per heavy atom. The molecule has 0 amide bonds. The van der Waals surface area contributed by atoms with Gasteiger partial charge in [0.2, 0.25) is 0 Å². The lowest BCUT2D eigenvalue weighted by molar-refractivity contribution is 0.208. The van der Waals surface area contributed by atoms with Crippen LogP contribution in [0.5, 0.6) is 0 Å². The topological polar surface area (TPSA) is 41.3 Å². The Hall–Kier alpha value is -0.960. The number of allylic oxidation sites excluding steroid dienone is 2. The molecular formula is C19H37N3. The third-order valence-electron chi connectivity index (χ3n) is 4.35. The van der Waals surface area contributed by atoms with Gasteiger partial charge in [-0.3, -0.25) is 0 Å². The van der Waals surface area contributed by atoms with Crippen molar-refractivity contribution in [3.8, 4) is 0 Å². The number of rotatable bonds is 13. The number of hydrogen-bond donors (Lipinski definition) is 2. The Labute approximate surface area is 138 Å². The normalized spacial score (nSPS) is 19.0. The molecule has 1 aliphatic heterocycles. The van der Waals surface area contributed by atoms with E-state index in [2.05, 4.69) is 35.5 Å². The van der Waals surface area contributed by atoms with Crippen molar-refractivity contribution in [3.63, 3.8) is 0 Å². The van der Waals surface area contributed by atoms with Gasteiger partial charge in [0.1, 0.15) is 0 Å². The minimum atomic E-state index is 0.0940. The molecule has 1 aliphatic rings. The fraction of sp³-hybridized carbons (Fsp3) is 0.789. The van der Waals surface area contributed by atoms with Crippen molar-refractivity contribution in [2.75, 3.05) is 0 Å². The largest absolute Gasteiger partial charge is 0.370 e. The van der Waals surface area contributed by atoms with Crippen molar-refractivity contribution in [2.45, 2.75) is 96.8 Å². The summed E-state index contributed by atoms with van der Waals surface area (Å²) >= 11 is 0. The lowest BCUT2D eigenvalue weighted by atomic mass is 10.1. The Bertz CT molecular complexity index is 310. The monoisotopic (exact) mass is 307 g/mol. The zero-order chi connectivity index (χ0) is 16.0. The molecule has 0 aromatic heterocycles. The van der Waals surface area contributed by atoms with Gasteiger partial charge in [0, 0.05) is 12.4 Å². The summed E-state index contributed by atoms with van der Waals surface area (Å²) in [5.41, 5.74) is 5.95. The van der Waals surface area contributed by atoms with E-state index >= 15 is 0 Å². The molecule has 3 N–H and O–H groups in total. The summed E-state index contributed by atoms with van der Waals surface area (Å²) in [6.07, 6.45) is 23.8. The molecule has 0 aromatic carbocycles. The van der Waals surface area contributed by atoms with Gasteiger partial charge < -0.3 is 16.0 Å². The lowest BCUT2D eigenvalue weighted by Crippen LogP contribution is -2.44. The molecule has 0 bridgehead atoms. The molecule has 0 aromatic rings. The zero-order valence-electron chi connectivity index (χ0n) is 14.8. The summed E-state index contributed by atoms with van der Waals surface area (Å²) in [5.74, 6) is 0. The SMILES string of the molecule is CCCCCCC/C=C/CCCCCC1NC=CN1C(C)N. The molecule has 0 saturated carbocycles. The zero-order valence-corrected chi connectivity index (χ0v) is 14.8. The molecule has 0 fully saturated rings. The van der Waals surface area contributed by atoms with E-state index in [4.69, 9.17) is 5.73 Å². The standard InChI is InChI=1S/C19H37N3/c1-3-4-5-6-7-8-9-10-11-12-13-14-15-19-21-16-17-22(19)18(2)20/h9-10,16-19,21H,3-8,11-15,20H2,1-2H3/b10-9+. The van der Waals surface area contributed by atoms with Crippen LogP contribution in [0.25, 0.3) is 0 Å². The lowest BCUT2D eigenvalue weighted by Gasteiger charge is -2.28. The first-order chi connectivity index (χ1) is 10.8. The third kappa shape index (κ3) is 8.47. The maximum atomic E-state index is 5.95. The van der Waals surface area contributed by atoms with Gasteiger partial charge in [-0.2, -0.15) is 0 Å². The van der Waals surface area contributed by atoms with Crippen LogP contribution in [0, 0.1) is 0 Å². The smallest absolute Gasteiger partial charge is 0.0995 e. The summed E-state index contributed by atoms with van der Waals surface area (Å²) in [5, 5.41) is 3.38. The second-order valence-electron chi connectivity index (χ2n) is 6.50. The summed E-state index contributed by atoms with van der Waals surface area (Å²) < 4.78 is 0. The number of nitrogens with zero attached hydrogens (tertiary/aromatic N) is 1. The average Bonchev–Trinajstić information content (AvgIpc) is 2.97. The van der Waals surface area contributed by atoms with E-state index in [1.807, 2.05) is 13.1 Å². The van der Waals surface area contributed by atoms with E-state index in [0.29, 0.717) is 6.17 Å². The van der Waals surface area contributed by atoms with Crippen molar-refractivity contribution in [2.24, 2.45) is 5.73 Å². The van der Waals surface area contributed by atoms with Crippen molar-refractivity contribution in [1.29, 1.82) is 0 Å². The molecular weight excluding hydrogens is 270 g/mol. The van der Waals surface area contributed by atoms with E-state index in [9.17, 15) is 0 Å². The van der Waals surface area contributed by atoms with Crippen LogP contribution in [0.4, 0.5) is 0 Å². The highest BCUT2D eigenvalue weighted by atomic mass is 15.3. The highest BCUT2D eigenvalue weighted by Crippen LogP contribution is 2.14. The fourth-order valence-corrected chi connectivity index (χ4v) is 2.96. The minimum absolute atomic E-state index is 0.0940. The van der Waals surface area contributed by atoms with Crippen molar-refractivity contribution in [1.82, 2.24) is 10.2 Å². The van der Waals surface area contributed by atoms with E-state index < -0.39 is 0 Å². The van der Waals surface area contributed by atoms with Crippen LogP contribution >= 0.6 is 0 Å². The van der Waals surface area contributed by atoms with Crippen LogP contribution in [-0.4, -0.2) is 17.2 Å². The molecule has 0 aliphatic carbocycles. The quantitative estimate of drug-likeness (QED) is 0.377. The van der Waals surface area contributed by atoms with Gasteiger partial charge in [0.05, 0.1) is 12.3 Å². The van der Waals surface area contributed by atoms with Crippen molar-refractivity contribution in [3.05, 3.63) is 24.6 Å². The molecule has 2 unspecified atom stereocenters. The van der Waals surface area contributed by atoms with Gasteiger partial charge in [-0.15, -0.1) is 0 Å². The summed E-state index contributed by atoms with van der Waals surface area (Å²) in [4.78, 5) is 2.21. The van der Waals surface area contributed by atoms with Gasteiger partial charge in [-0.25, -0.2) is 0 Å². The molecule has 0 spiro atoms. The van der Waals surface area contributed by atoms with Gasteiger partial charge in [-0.05, 0) is 45.4 Å². The van der Waals surface area contributed by atoms with Crippen LogP contribution in [-0.2, 0) is 0 Å². The predicted octanol–water partition coefficient (Wildman–Crippen LogP) is 4.86. The van der Waals surface area contributed by atoms with Gasteiger partial charge in [-0.1, -0.05) is 51.2 Å². The molecule has 0 radical (unpaired) electrons. The Kier molecular flexibility index (Phi) is 10.9. The number of nitrogens with two attached hydrogens (primary N) is 1. The first-order valence-electron chi connectivity index (χ1n) is 9.36. The second-order valence-corrected chi connectivity index (χ2v) is 6.50. The highest BCUT2D eigenvalue weighted by Gasteiger charge is 2.20. The first-order valence-corrected chi connectivity index (χ1v) is 9.36. The Morgan fingerprint density at radius 2 is 1.68 bits per heavy atom. The summed E-state index contributed by atoms with van der Waals surface area (Å²) in [6.45, 7) is 4.31. The molecule has 0 saturated heterocycles. The molecule has 2 atom stereocenters. The van der Waals surface area contributed by atoms with Crippen LogP contribution in [0.3, 0.4) is 0 Å². The Balaban J connectivity index is 1.89. The second kappa shape index (κ2) is 12.6. The highest BCUT2D eigenvalue weighted by molar-refractivity contribution is 4.95. The average molecular weight is 308 g/mol. The first kappa shape index (κ1) is 19.1. The van der Waals surface area contributed by atoms with Gasteiger partial charge in [0.25, 0.3) is 0 Å². The van der Waals surface area contributed by atoms with Crippen molar-refractivity contribution < 1.29 is 0 Å². The van der Waals surface area contributed by atoms with Crippen LogP contribution in [0.15, 0.2) is 24.6 Å². The summed E-state index contributed by atoms with van der Waals surface area (Å²) in [6, 6.07) is 0.